The molecule has 1 fully saturated rings. The summed E-state index contributed by atoms with van der Waals surface area (Å²) in [4.78, 5) is 13.0. The minimum absolute atomic E-state index is 0.0434. The van der Waals surface area contributed by atoms with E-state index in [1.165, 1.54) is 6.07 Å². The minimum Gasteiger partial charge on any atom is -0.491 e. The van der Waals surface area contributed by atoms with Gasteiger partial charge >= 0.3 is 0 Å². The zero-order valence-electron chi connectivity index (χ0n) is 20.0. The average Bonchev–Trinajstić information content (AvgIpc) is 3.13. The van der Waals surface area contributed by atoms with Gasteiger partial charge in [0.25, 0.3) is 0 Å². The number of piperazine rings is 1. The van der Waals surface area contributed by atoms with Crippen molar-refractivity contribution in [3.63, 3.8) is 0 Å². The first-order chi connectivity index (χ1) is 16.3. The number of hydrogen-bond donors (Lipinski definition) is 1. The Morgan fingerprint density at radius 3 is 2.59 bits per heavy atom. The van der Waals surface area contributed by atoms with Crippen LogP contribution < -0.4 is 9.64 Å². The number of aliphatic hydroxyl groups excluding tert-OH is 1. The van der Waals surface area contributed by atoms with Gasteiger partial charge in [-0.05, 0) is 23.6 Å². The van der Waals surface area contributed by atoms with Crippen molar-refractivity contribution in [2.45, 2.75) is 33.9 Å². The molecule has 3 aromatic rings. The number of halogens is 1. The Morgan fingerprint density at radius 1 is 1.18 bits per heavy atom. The zero-order chi connectivity index (χ0) is 24.3. The van der Waals surface area contributed by atoms with Gasteiger partial charge in [0.05, 0.1) is 12.3 Å². The number of nitriles is 1. The van der Waals surface area contributed by atoms with E-state index < -0.39 is 0 Å². The third-order valence-electron chi connectivity index (χ3n) is 5.83. The molecule has 1 aliphatic rings. The Balaban J connectivity index is 1.47. The summed E-state index contributed by atoms with van der Waals surface area (Å²) in [7, 11) is 0. The van der Waals surface area contributed by atoms with E-state index in [-0.39, 0.29) is 30.3 Å². The Morgan fingerprint density at radius 2 is 1.94 bits per heavy atom. The van der Waals surface area contributed by atoms with Crippen LogP contribution in [0.2, 0.25) is 0 Å². The number of hydrogen-bond acceptors (Lipinski definition) is 7. The lowest BCUT2D eigenvalue weighted by Gasteiger charge is -2.36. The van der Waals surface area contributed by atoms with Gasteiger partial charge in [-0.25, -0.2) is 14.4 Å². The van der Waals surface area contributed by atoms with Crippen molar-refractivity contribution in [2.75, 3.05) is 44.3 Å². The van der Waals surface area contributed by atoms with Gasteiger partial charge in [-0.15, -0.1) is 0 Å². The highest BCUT2D eigenvalue weighted by atomic mass is 19.1. The second kappa shape index (κ2) is 9.95. The van der Waals surface area contributed by atoms with E-state index in [2.05, 4.69) is 51.2 Å². The summed E-state index contributed by atoms with van der Waals surface area (Å²) >= 11 is 0. The molecular weight excluding hydrogens is 435 g/mol. The first-order valence-electron chi connectivity index (χ1n) is 11.5. The molecule has 8 nitrogen and oxygen atoms in total. The number of rotatable bonds is 7. The van der Waals surface area contributed by atoms with Gasteiger partial charge in [0.15, 0.2) is 0 Å². The summed E-state index contributed by atoms with van der Waals surface area (Å²) in [6.45, 7) is 11.1. The van der Waals surface area contributed by atoms with Gasteiger partial charge in [0, 0.05) is 62.6 Å². The summed E-state index contributed by atoms with van der Waals surface area (Å²) < 4.78 is 22.2. The second-order valence-electron chi connectivity index (χ2n) is 9.82. The fourth-order valence-electron chi connectivity index (χ4n) is 4.30. The smallest absolute Gasteiger partial charge is 0.234 e. The zero-order valence-corrected chi connectivity index (χ0v) is 20.0. The van der Waals surface area contributed by atoms with E-state index in [1.54, 1.807) is 18.3 Å². The number of fused-ring (bicyclic) bond motifs is 1. The maximum absolute atomic E-state index is 14.7. The number of aliphatic hydroxyl groups is 1. The van der Waals surface area contributed by atoms with Gasteiger partial charge in [0.1, 0.15) is 29.9 Å². The highest BCUT2D eigenvalue weighted by Gasteiger charge is 2.23. The molecule has 0 bridgehead atoms. The SMILES string of the molecule is CC(C)(C)Cn1c(CN2CCN(c3ccc(OCCO)cc3F)CC2)cc2cnc(C#N)nc21. The lowest BCUT2D eigenvalue weighted by atomic mass is 9.97. The molecule has 1 aliphatic heterocycles. The fraction of sp³-hybridized carbons (Fsp3) is 0.480. The van der Waals surface area contributed by atoms with E-state index in [1.807, 2.05) is 6.07 Å². The van der Waals surface area contributed by atoms with Crippen molar-refractivity contribution in [3.8, 4) is 11.8 Å². The summed E-state index contributed by atoms with van der Waals surface area (Å²) in [6.07, 6.45) is 1.72. The lowest BCUT2D eigenvalue weighted by molar-refractivity contribution is 0.201. The monoisotopic (exact) mass is 466 g/mol. The van der Waals surface area contributed by atoms with Crippen molar-refractivity contribution < 1.29 is 14.2 Å². The van der Waals surface area contributed by atoms with Gasteiger partial charge in [0.2, 0.25) is 5.82 Å². The minimum atomic E-state index is -0.318. The van der Waals surface area contributed by atoms with E-state index in [9.17, 15) is 9.65 Å². The molecule has 0 unspecified atom stereocenters. The van der Waals surface area contributed by atoms with Crippen molar-refractivity contribution in [3.05, 3.63) is 47.8 Å². The van der Waals surface area contributed by atoms with Gasteiger partial charge in [-0.1, -0.05) is 20.8 Å². The standard InChI is InChI=1S/C25H31FN6O2/c1-25(2,3)17-32-19(12-18-15-28-23(14-27)29-24(18)32)16-30-6-8-31(9-7-30)22-5-4-20(13-21(22)26)34-11-10-33/h4-5,12-13,15,33H,6-11,16-17H2,1-3H3. The van der Waals surface area contributed by atoms with E-state index >= 15 is 0 Å². The van der Waals surface area contributed by atoms with Gasteiger partial charge < -0.3 is 19.3 Å². The Labute approximate surface area is 199 Å². The van der Waals surface area contributed by atoms with Gasteiger partial charge in [-0.3, -0.25) is 4.90 Å². The number of nitrogens with zero attached hydrogens (tertiary/aromatic N) is 6. The van der Waals surface area contributed by atoms with E-state index in [4.69, 9.17) is 9.84 Å². The molecule has 4 rings (SSSR count). The molecule has 1 saturated heterocycles. The maximum Gasteiger partial charge on any atom is 0.234 e. The molecule has 0 atom stereocenters. The van der Waals surface area contributed by atoms with Gasteiger partial charge in [-0.2, -0.15) is 5.26 Å². The predicted molar refractivity (Wildman–Crippen MR) is 128 cm³/mol. The molecule has 3 heterocycles. The summed E-state index contributed by atoms with van der Waals surface area (Å²) in [6, 6.07) is 9.00. The highest BCUT2D eigenvalue weighted by Crippen LogP contribution is 2.27. The van der Waals surface area contributed by atoms with Crippen LogP contribution in [0.15, 0.2) is 30.5 Å². The second-order valence-corrected chi connectivity index (χ2v) is 9.82. The third kappa shape index (κ3) is 5.46. The Bertz CT molecular complexity index is 1190. The Hall–Kier alpha value is -3.22. The first kappa shape index (κ1) is 23.9. The van der Waals surface area contributed by atoms with Crippen LogP contribution >= 0.6 is 0 Å². The molecule has 0 aliphatic carbocycles. The van der Waals surface area contributed by atoms with Crippen LogP contribution in [0.3, 0.4) is 0 Å². The molecule has 0 spiro atoms. The van der Waals surface area contributed by atoms with E-state index in [0.29, 0.717) is 24.5 Å². The van der Waals surface area contributed by atoms with Crippen molar-refractivity contribution in [1.29, 1.82) is 5.26 Å². The number of anilines is 1. The molecule has 0 radical (unpaired) electrons. The molecule has 0 amide bonds. The van der Waals surface area contributed by atoms with Crippen molar-refractivity contribution in [1.82, 2.24) is 19.4 Å². The first-order valence-corrected chi connectivity index (χ1v) is 11.5. The topological polar surface area (TPSA) is 90.4 Å². The summed E-state index contributed by atoms with van der Waals surface area (Å²) in [5.74, 6) is 0.278. The van der Waals surface area contributed by atoms with Crippen LogP contribution in [0.4, 0.5) is 10.1 Å². The molecule has 0 saturated carbocycles. The highest BCUT2D eigenvalue weighted by molar-refractivity contribution is 5.77. The van der Waals surface area contributed by atoms with Crippen LogP contribution in [0.1, 0.15) is 32.3 Å². The lowest BCUT2D eigenvalue weighted by Crippen LogP contribution is -2.46. The molecule has 9 heteroatoms. The van der Waals surface area contributed by atoms with Crippen molar-refractivity contribution >= 4 is 16.7 Å². The molecule has 1 N–H and O–H groups in total. The van der Waals surface area contributed by atoms with Crippen LogP contribution in [0.25, 0.3) is 11.0 Å². The molecular formula is C25H31FN6O2. The van der Waals surface area contributed by atoms with Crippen LogP contribution in [-0.2, 0) is 13.1 Å². The maximum atomic E-state index is 14.7. The summed E-state index contributed by atoms with van der Waals surface area (Å²) in [5.41, 5.74) is 2.54. The normalized spacial score (nSPS) is 15.0. The molecule has 180 valence electrons. The fourth-order valence-corrected chi connectivity index (χ4v) is 4.30. The van der Waals surface area contributed by atoms with E-state index in [0.717, 1.165) is 42.9 Å². The molecule has 34 heavy (non-hydrogen) atoms. The number of aromatic nitrogens is 3. The molecule has 2 aromatic heterocycles. The van der Waals surface area contributed by atoms with Crippen LogP contribution in [-0.4, -0.2) is 63.9 Å². The molecule has 1 aromatic carbocycles. The van der Waals surface area contributed by atoms with Crippen molar-refractivity contribution in [2.24, 2.45) is 5.41 Å². The predicted octanol–water partition coefficient (Wildman–Crippen LogP) is 3.18. The summed E-state index contributed by atoms with van der Waals surface area (Å²) in [5, 5.41) is 19.0. The number of benzene rings is 1. The quantitative estimate of drug-likeness (QED) is 0.572. The largest absolute Gasteiger partial charge is 0.491 e. The number of ether oxygens (including phenoxy) is 1. The Kier molecular flexibility index (Phi) is 7.00. The third-order valence-corrected chi connectivity index (χ3v) is 5.83. The average molecular weight is 467 g/mol. The van der Waals surface area contributed by atoms with Crippen LogP contribution in [0, 0.1) is 22.6 Å². The van der Waals surface area contributed by atoms with Crippen LogP contribution in [0.5, 0.6) is 5.75 Å².